The molecule has 1 aromatic rings. The van der Waals surface area contributed by atoms with Gasteiger partial charge in [-0.3, -0.25) is 4.79 Å². The lowest BCUT2D eigenvalue weighted by Gasteiger charge is -2.10. The maximum atomic E-state index is 12.0. The van der Waals surface area contributed by atoms with Crippen LogP contribution >= 0.6 is 0 Å². The van der Waals surface area contributed by atoms with E-state index in [4.69, 9.17) is 10.5 Å². The molecule has 4 heteroatoms. The van der Waals surface area contributed by atoms with Gasteiger partial charge >= 0.3 is 0 Å². The average Bonchev–Trinajstić information content (AvgIpc) is 2.37. The molecular weight excluding hydrogens is 240 g/mol. The summed E-state index contributed by atoms with van der Waals surface area (Å²) in [5.41, 5.74) is 6.78. The van der Waals surface area contributed by atoms with Crippen molar-refractivity contribution in [1.82, 2.24) is 5.32 Å². The normalized spacial score (nSPS) is 10.5. The first-order valence-corrected chi connectivity index (χ1v) is 6.76. The van der Waals surface area contributed by atoms with Crippen molar-refractivity contribution in [3.63, 3.8) is 0 Å². The van der Waals surface area contributed by atoms with Crippen molar-refractivity contribution >= 4 is 11.6 Å². The number of methoxy groups -OCH3 is 1. The minimum atomic E-state index is -0.110. The molecule has 1 rings (SSSR count). The molecule has 106 valence electrons. The van der Waals surface area contributed by atoms with E-state index < -0.39 is 0 Å². The van der Waals surface area contributed by atoms with E-state index in [1.807, 2.05) is 0 Å². The molecule has 0 saturated carbocycles. The standard InChI is InChI=1S/C15H24N2O2/c1-11(2)6-4-5-9-17-15(18)13-8-7-12(16)10-14(13)19-3/h7-8,10-11H,4-6,9,16H2,1-3H3,(H,17,18). The summed E-state index contributed by atoms with van der Waals surface area (Å²) in [7, 11) is 1.54. The number of nitrogens with two attached hydrogens (primary N) is 1. The van der Waals surface area contributed by atoms with Crippen LogP contribution in [0.4, 0.5) is 5.69 Å². The summed E-state index contributed by atoms with van der Waals surface area (Å²) < 4.78 is 5.17. The van der Waals surface area contributed by atoms with Crippen molar-refractivity contribution in [3.05, 3.63) is 23.8 Å². The first-order chi connectivity index (χ1) is 9.04. The molecule has 0 aliphatic carbocycles. The Bertz CT molecular complexity index is 417. The second kappa shape index (κ2) is 7.67. The number of rotatable bonds is 7. The Morgan fingerprint density at radius 1 is 1.37 bits per heavy atom. The molecule has 0 atom stereocenters. The predicted molar refractivity (Wildman–Crippen MR) is 78.4 cm³/mol. The Morgan fingerprint density at radius 3 is 2.74 bits per heavy atom. The third kappa shape index (κ3) is 5.20. The number of unbranched alkanes of at least 4 members (excludes halogenated alkanes) is 1. The summed E-state index contributed by atoms with van der Waals surface area (Å²) in [6.45, 7) is 5.11. The molecule has 0 fully saturated rings. The third-order valence-electron chi connectivity index (χ3n) is 2.96. The number of nitrogen functional groups attached to an aromatic ring is 1. The molecular formula is C15H24N2O2. The van der Waals surface area contributed by atoms with Gasteiger partial charge in [0.1, 0.15) is 5.75 Å². The predicted octanol–water partition coefficient (Wildman–Crippen LogP) is 2.83. The van der Waals surface area contributed by atoms with Crippen LogP contribution < -0.4 is 15.8 Å². The Hall–Kier alpha value is -1.71. The zero-order valence-corrected chi connectivity index (χ0v) is 12.0. The van der Waals surface area contributed by atoms with Crippen LogP contribution in [0.1, 0.15) is 43.5 Å². The lowest BCUT2D eigenvalue weighted by atomic mass is 10.1. The Labute approximate surface area is 115 Å². The smallest absolute Gasteiger partial charge is 0.255 e. The number of amides is 1. The summed E-state index contributed by atoms with van der Waals surface area (Å²) in [5, 5.41) is 2.91. The summed E-state index contributed by atoms with van der Waals surface area (Å²) >= 11 is 0. The first-order valence-electron chi connectivity index (χ1n) is 6.76. The number of hydrogen-bond donors (Lipinski definition) is 2. The fourth-order valence-electron chi connectivity index (χ4n) is 1.87. The molecule has 0 unspecified atom stereocenters. The van der Waals surface area contributed by atoms with Gasteiger partial charge in [0.05, 0.1) is 12.7 Å². The number of nitrogens with one attached hydrogen (secondary N) is 1. The van der Waals surface area contributed by atoms with Gasteiger partial charge in [-0.2, -0.15) is 0 Å². The highest BCUT2D eigenvalue weighted by Gasteiger charge is 2.11. The molecule has 0 aliphatic rings. The quantitative estimate of drug-likeness (QED) is 0.588. The van der Waals surface area contributed by atoms with Crippen molar-refractivity contribution in [1.29, 1.82) is 0 Å². The fraction of sp³-hybridized carbons (Fsp3) is 0.533. The molecule has 0 aromatic heterocycles. The first kappa shape index (κ1) is 15.3. The van der Waals surface area contributed by atoms with E-state index in [0.29, 0.717) is 29.5 Å². The molecule has 4 nitrogen and oxygen atoms in total. The van der Waals surface area contributed by atoms with E-state index in [0.717, 1.165) is 12.8 Å². The van der Waals surface area contributed by atoms with Crippen molar-refractivity contribution in [2.24, 2.45) is 5.92 Å². The molecule has 19 heavy (non-hydrogen) atoms. The SMILES string of the molecule is COc1cc(N)ccc1C(=O)NCCCCC(C)C. The third-order valence-corrected chi connectivity index (χ3v) is 2.96. The molecule has 0 aliphatic heterocycles. The topological polar surface area (TPSA) is 64.3 Å². The molecule has 0 bridgehead atoms. The van der Waals surface area contributed by atoms with Crippen molar-refractivity contribution in [3.8, 4) is 5.75 Å². The Kier molecular flexibility index (Phi) is 6.19. The second-order valence-electron chi connectivity index (χ2n) is 5.11. The summed E-state index contributed by atoms with van der Waals surface area (Å²) in [6, 6.07) is 5.06. The van der Waals surface area contributed by atoms with Crippen molar-refractivity contribution < 1.29 is 9.53 Å². The highest BCUT2D eigenvalue weighted by Crippen LogP contribution is 2.21. The van der Waals surface area contributed by atoms with E-state index in [2.05, 4.69) is 19.2 Å². The van der Waals surface area contributed by atoms with Gasteiger partial charge in [-0.15, -0.1) is 0 Å². The van der Waals surface area contributed by atoms with E-state index in [1.165, 1.54) is 13.5 Å². The number of benzene rings is 1. The zero-order valence-electron chi connectivity index (χ0n) is 12.0. The number of ether oxygens (including phenoxy) is 1. The monoisotopic (exact) mass is 264 g/mol. The minimum absolute atomic E-state index is 0.110. The summed E-state index contributed by atoms with van der Waals surface area (Å²) in [5.74, 6) is 1.12. The lowest BCUT2D eigenvalue weighted by Crippen LogP contribution is -2.25. The summed E-state index contributed by atoms with van der Waals surface area (Å²) in [4.78, 5) is 12.0. The Balaban J connectivity index is 2.45. The van der Waals surface area contributed by atoms with Gasteiger partial charge in [-0.1, -0.05) is 26.7 Å². The molecule has 1 amide bonds. The lowest BCUT2D eigenvalue weighted by molar-refractivity contribution is 0.0950. The molecule has 0 spiro atoms. The van der Waals surface area contributed by atoms with E-state index in [-0.39, 0.29) is 5.91 Å². The fourth-order valence-corrected chi connectivity index (χ4v) is 1.87. The maximum Gasteiger partial charge on any atom is 0.255 e. The van der Waals surface area contributed by atoms with Crippen molar-refractivity contribution in [2.45, 2.75) is 33.1 Å². The largest absolute Gasteiger partial charge is 0.496 e. The maximum absolute atomic E-state index is 12.0. The van der Waals surface area contributed by atoms with Gasteiger partial charge in [-0.05, 0) is 24.5 Å². The van der Waals surface area contributed by atoms with Crippen LogP contribution in [-0.4, -0.2) is 19.6 Å². The van der Waals surface area contributed by atoms with Crippen molar-refractivity contribution in [2.75, 3.05) is 19.4 Å². The molecule has 0 radical (unpaired) electrons. The average molecular weight is 264 g/mol. The second-order valence-corrected chi connectivity index (χ2v) is 5.11. The molecule has 3 N–H and O–H groups in total. The van der Waals surface area contributed by atoms with Crippen LogP contribution in [0, 0.1) is 5.92 Å². The molecule has 1 aromatic carbocycles. The number of anilines is 1. The van der Waals surface area contributed by atoms with Gasteiger partial charge in [0.2, 0.25) is 0 Å². The minimum Gasteiger partial charge on any atom is -0.496 e. The van der Waals surface area contributed by atoms with E-state index in [1.54, 1.807) is 18.2 Å². The molecule has 0 heterocycles. The number of hydrogen-bond acceptors (Lipinski definition) is 3. The highest BCUT2D eigenvalue weighted by atomic mass is 16.5. The van der Waals surface area contributed by atoms with Crippen LogP contribution in [0.15, 0.2) is 18.2 Å². The zero-order chi connectivity index (χ0) is 14.3. The van der Waals surface area contributed by atoms with Crippen LogP contribution in [0.25, 0.3) is 0 Å². The van der Waals surface area contributed by atoms with E-state index in [9.17, 15) is 4.79 Å². The van der Waals surface area contributed by atoms with Gasteiger partial charge in [-0.25, -0.2) is 0 Å². The summed E-state index contributed by atoms with van der Waals surface area (Å²) in [6.07, 6.45) is 3.33. The number of carbonyl (C=O) groups excluding carboxylic acids is 1. The van der Waals surface area contributed by atoms with Gasteiger partial charge in [0.25, 0.3) is 5.91 Å². The highest BCUT2D eigenvalue weighted by molar-refractivity contribution is 5.97. The van der Waals surface area contributed by atoms with Crippen LogP contribution in [-0.2, 0) is 0 Å². The van der Waals surface area contributed by atoms with E-state index >= 15 is 0 Å². The Morgan fingerprint density at radius 2 is 2.11 bits per heavy atom. The van der Waals surface area contributed by atoms with Crippen LogP contribution in [0.2, 0.25) is 0 Å². The van der Waals surface area contributed by atoms with Gasteiger partial charge < -0.3 is 15.8 Å². The van der Waals surface area contributed by atoms with Crippen LogP contribution in [0.5, 0.6) is 5.75 Å². The van der Waals surface area contributed by atoms with Crippen LogP contribution in [0.3, 0.4) is 0 Å². The van der Waals surface area contributed by atoms with Gasteiger partial charge in [0, 0.05) is 18.3 Å². The number of carbonyl (C=O) groups is 1. The molecule has 0 saturated heterocycles. The van der Waals surface area contributed by atoms with Gasteiger partial charge in [0.15, 0.2) is 0 Å².